The Morgan fingerprint density at radius 2 is 2.00 bits per heavy atom. The third-order valence-electron chi connectivity index (χ3n) is 4.18. The Morgan fingerprint density at radius 3 is 2.67 bits per heavy atom. The summed E-state index contributed by atoms with van der Waals surface area (Å²) < 4.78 is 5.59. The maximum atomic E-state index is 10.1. The normalized spacial score (nSPS) is 19.2. The summed E-state index contributed by atoms with van der Waals surface area (Å²) in [5.74, 6) is 0.565. The van der Waals surface area contributed by atoms with Gasteiger partial charge in [-0.05, 0) is 43.9 Å². The molecule has 1 fully saturated rings. The minimum absolute atomic E-state index is 0.255. The van der Waals surface area contributed by atoms with Crippen LogP contribution < -0.4 is 9.64 Å². The number of aliphatic hydroxyl groups is 1. The molecule has 1 aliphatic carbocycles. The first-order valence-corrected chi connectivity index (χ1v) is 8.40. The number of quaternary nitrogens is 1. The van der Waals surface area contributed by atoms with Crippen molar-refractivity contribution in [2.45, 2.75) is 44.2 Å². The van der Waals surface area contributed by atoms with Gasteiger partial charge in [0.1, 0.15) is 25.0 Å². The lowest BCUT2D eigenvalue weighted by Gasteiger charge is -2.29. The topological polar surface area (TPSA) is 33.9 Å². The van der Waals surface area contributed by atoms with Gasteiger partial charge in [0.2, 0.25) is 0 Å². The lowest BCUT2D eigenvalue weighted by atomic mass is 9.94. The van der Waals surface area contributed by atoms with Gasteiger partial charge in [-0.2, -0.15) is 0 Å². The summed E-state index contributed by atoms with van der Waals surface area (Å²) in [4.78, 5) is 1.40. The average molecular weight is 333 g/mol. The summed E-state index contributed by atoms with van der Waals surface area (Å²) in [5, 5.41) is 11.2. The highest BCUT2D eigenvalue weighted by molar-refractivity contribution is 6.35. The molecular formula is C16H24Cl2NO2+. The van der Waals surface area contributed by atoms with Crippen molar-refractivity contribution in [1.82, 2.24) is 0 Å². The molecule has 0 amide bonds. The number of nitrogens with one attached hydrogen (secondary N) is 1. The van der Waals surface area contributed by atoms with Crippen LogP contribution in [0.5, 0.6) is 5.75 Å². The summed E-state index contributed by atoms with van der Waals surface area (Å²) >= 11 is 11.9. The van der Waals surface area contributed by atoms with Crippen LogP contribution in [0.1, 0.15) is 32.1 Å². The van der Waals surface area contributed by atoms with Crippen molar-refractivity contribution < 1.29 is 14.7 Å². The van der Waals surface area contributed by atoms with Gasteiger partial charge in [0.15, 0.2) is 0 Å². The van der Waals surface area contributed by atoms with Gasteiger partial charge < -0.3 is 14.7 Å². The van der Waals surface area contributed by atoms with Crippen molar-refractivity contribution in [2.75, 3.05) is 20.2 Å². The number of hydrogen-bond donors (Lipinski definition) is 2. The number of benzene rings is 1. The lowest BCUT2D eigenvalue weighted by molar-refractivity contribution is -0.910. The van der Waals surface area contributed by atoms with Crippen LogP contribution in [0.15, 0.2) is 18.2 Å². The Labute approximate surface area is 136 Å². The molecule has 118 valence electrons. The quantitative estimate of drug-likeness (QED) is 0.839. The molecule has 0 heterocycles. The predicted octanol–water partition coefficient (Wildman–Crippen LogP) is 2.58. The molecule has 5 heteroatoms. The third kappa shape index (κ3) is 5.33. The van der Waals surface area contributed by atoms with Gasteiger partial charge >= 0.3 is 0 Å². The van der Waals surface area contributed by atoms with Crippen molar-refractivity contribution in [3.8, 4) is 5.75 Å². The molecule has 2 atom stereocenters. The molecule has 2 N–H and O–H groups in total. The van der Waals surface area contributed by atoms with Gasteiger partial charge in [-0.1, -0.05) is 29.6 Å². The number of hydrogen-bond acceptors (Lipinski definition) is 2. The van der Waals surface area contributed by atoms with E-state index in [1.807, 2.05) is 0 Å². The lowest BCUT2D eigenvalue weighted by Crippen LogP contribution is -3.14. The van der Waals surface area contributed by atoms with Crippen LogP contribution in [0.25, 0.3) is 0 Å². The molecule has 1 aromatic carbocycles. The van der Waals surface area contributed by atoms with Gasteiger partial charge in [-0.25, -0.2) is 0 Å². The minimum atomic E-state index is -0.487. The van der Waals surface area contributed by atoms with Crippen LogP contribution in [-0.4, -0.2) is 37.5 Å². The number of likely N-dealkylation sites (N-methyl/N-ethyl adjacent to an activating group) is 1. The van der Waals surface area contributed by atoms with Gasteiger partial charge in [-0.15, -0.1) is 0 Å². The molecule has 1 aliphatic rings. The average Bonchev–Trinajstić information content (AvgIpc) is 2.47. The summed E-state index contributed by atoms with van der Waals surface area (Å²) in [6.07, 6.45) is 6.03. The van der Waals surface area contributed by atoms with Crippen molar-refractivity contribution in [3.05, 3.63) is 28.2 Å². The Hall–Kier alpha value is -0.480. The minimum Gasteiger partial charge on any atom is -0.489 e. The Morgan fingerprint density at radius 1 is 1.29 bits per heavy atom. The van der Waals surface area contributed by atoms with Crippen LogP contribution in [0.2, 0.25) is 10.0 Å². The molecular weight excluding hydrogens is 309 g/mol. The van der Waals surface area contributed by atoms with Gasteiger partial charge in [0, 0.05) is 5.02 Å². The van der Waals surface area contributed by atoms with E-state index in [9.17, 15) is 5.11 Å². The van der Waals surface area contributed by atoms with Gasteiger partial charge in [-0.3, -0.25) is 0 Å². The molecule has 0 bridgehead atoms. The fourth-order valence-corrected chi connectivity index (χ4v) is 3.43. The van der Waals surface area contributed by atoms with E-state index in [1.165, 1.54) is 37.0 Å². The summed E-state index contributed by atoms with van der Waals surface area (Å²) in [6, 6.07) is 5.78. The SMILES string of the molecule is C[NH+](C[C@@H](O)COc1ccc(Cl)cc1Cl)C1CCCCC1. The van der Waals surface area contributed by atoms with Crippen LogP contribution in [0, 0.1) is 0 Å². The van der Waals surface area contributed by atoms with E-state index >= 15 is 0 Å². The predicted molar refractivity (Wildman–Crippen MR) is 86.6 cm³/mol. The molecule has 0 spiro atoms. The van der Waals surface area contributed by atoms with Crippen LogP contribution in [0.4, 0.5) is 0 Å². The smallest absolute Gasteiger partial charge is 0.138 e. The maximum Gasteiger partial charge on any atom is 0.138 e. The van der Waals surface area contributed by atoms with E-state index in [0.717, 1.165) is 0 Å². The standard InChI is InChI=1S/C16H23Cl2NO2/c1-19(13-5-3-2-4-6-13)10-14(20)11-21-16-8-7-12(17)9-15(16)18/h7-9,13-14,20H,2-6,10-11H2,1H3/p+1/t14-/m1/s1. The highest BCUT2D eigenvalue weighted by Crippen LogP contribution is 2.27. The molecule has 0 aliphatic heterocycles. The molecule has 21 heavy (non-hydrogen) atoms. The largest absolute Gasteiger partial charge is 0.489 e. The van der Waals surface area contributed by atoms with E-state index in [0.29, 0.717) is 28.4 Å². The highest BCUT2D eigenvalue weighted by Gasteiger charge is 2.23. The second-order valence-corrected chi connectivity index (χ2v) is 6.77. The number of aliphatic hydroxyl groups excluding tert-OH is 1. The zero-order valence-electron chi connectivity index (χ0n) is 12.4. The number of halogens is 2. The second kappa shape index (κ2) is 8.23. The monoisotopic (exact) mass is 332 g/mol. The van der Waals surface area contributed by atoms with Crippen molar-refractivity contribution in [1.29, 1.82) is 0 Å². The summed E-state index contributed by atoms with van der Waals surface area (Å²) in [7, 11) is 2.16. The zero-order valence-corrected chi connectivity index (χ0v) is 14.0. The Bertz CT molecular complexity index is 450. The number of rotatable bonds is 6. The van der Waals surface area contributed by atoms with E-state index in [-0.39, 0.29) is 6.61 Å². The van der Waals surface area contributed by atoms with E-state index in [4.69, 9.17) is 27.9 Å². The molecule has 1 saturated carbocycles. The molecule has 0 radical (unpaired) electrons. The van der Waals surface area contributed by atoms with Crippen LogP contribution >= 0.6 is 23.2 Å². The molecule has 0 aromatic heterocycles. The molecule has 0 saturated heterocycles. The van der Waals surface area contributed by atoms with Crippen LogP contribution in [0.3, 0.4) is 0 Å². The fraction of sp³-hybridized carbons (Fsp3) is 0.625. The Balaban J connectivity index is 1.77. The van der Waals surface area contributed by atoms with Crippen molar-refractivity contribution >= 4 is 23.2 Å². The first-order chi connectivity index (χ1) is 10.1. The van der Waals surface area contributed by atoms with Gasteiger partial charge in [0.05, 0.1) is 18.1 Å². The first kappa shape index (κ1) is 16.9. The Kier molecular flexibility index (Phi) is 6.62. The second-order valence-electron chi connectivity index (χ2n) is 5.92. The molecule has 3 nitrogen and oxygen atoms in total. The van der Waals surface area contributed by atoms with Crippen molar-refractivity contribution in [3.63, 3.8) is 0 Å². The first-order valence-electron chi connectivity index (χ1n) is 7.64. The van der Waals surface area contributed by atoms with E-state index in [2.05, 4.69) is 7.05 Å². The van der Waals surface area contributed by atoms with Crippen LogP contribution in [-0.2, 0) is 0 Å². The third-order valence-corrected chi connectivity index (χ3v) is 4.72. The molecule has 1 aromatic rings. The molecule has 2 rings (SSSR count). The van der Waals surface area contributed by atoms with Crippen molar-refractivity contribution in [2.24, 2.45) is 0 Å². The maximum absolute atomic E-state index is 10.1. The summed E-state index contributed by atoms with van der Waals surface area (Å²) in [6.45, 7) is 0.960. The highest BCUT2D eigenvalue weighted by atomic mass is 35.5. The van der Waals surface area contributed by atoms with E-state index in [1.54, 1.807) is 18.2 Å². The summed E-state index contributed by atoms with van der Waals surface area (Å²) in [5.41, 5.74) is 0. The van der Waals surface area contributed by atoms with E-state index < -0.39 is 6.10 Å². The number of ether oxygens (including phenoxy) is 1. The van der Waals surface area contributed by atoms with Gasteiger partial charge in [0.25, 0.3) is 0 Å². The molecule has 1 unspecified atom stereocenters. The zero-order chi connectivity index (χ0) is 15.2. The fourth-order valence-electron chi connectivity index (χ4n) is 2.97.